The fourth-order valence-electron chi connectivity index (χ4n) is 1.73. The Balaban J connectivity index is 2.20. The summed E-state index contributed by atoms with van der Waals surface area (Å²) < 4.78 is 56.1. The van der Waals surface area contributed by atoms with Gasteiger partial charge in [0.25, 0.3) is 0 Å². The molecule has 0 N–H and O–H groups in total. The Morgan fingerprint density at radius 3 is 2.48 bits per heavy atom. The largest absolute Gasteiger partial charge is 0.489 e. The molecule has 0 spiro atoms. The number of alkyl halides is 3. The van der Waals surface area contributed by atoms with Gasteiger partial charge in [-0.15, -0.1) is 0 Å². The Hall–Kier alpha value is -2.55. The van der Waals surface area contributed by atoms with Crippen LogP contribution in [0.1, 0.15) is 16.7 Å². The Bertz CT molecular complexity index is 689. The number of hydrogen-bond acceptors (Lipinski definition) is 2. The van der Waals surface area contributed by atoms with Crippen molar-refractivity contribution in [1.29, 1.82) is 5.26 Å². The second-order valence-corrected chi connectivity index (χ2v) is 4.20. The topological polar surface area (TPSA) is 33.0 Å². The zero-order valence-corrected chi connectivity index (χ0v) is 10.6. The van der Waals surface area contributed by atoms with Crippen molar-refractivity contribution < 1.29 is 22.3 Å². The van der Waals surface area contributed by atoms with Gasteiger partial charge in [-0.3, -0.25) is 0 Å². The van der Waals surface area contributed by atoms with E-state index < -0.39 is 17.6 Å². The highest BCUT2D eigenvalue weighted by molar-refractivity contribution is 5.37. The maximum absolute atomic E-state index is 13.1. The Morgan fingerprint density at radius 1 is 1.10 bits per heavy atom. The molecule has 2 nitrogen and oxygen atoms in total. The maximum Gasteiger partial charge on any atom is 0.419 e. The van der Waals surface area contributed by atoms with Gasteiger partial charge in [-0.2, -0.15) is 18.4 Å². The van der Waals surface area contributed by atoms with Crippen molar-refractivity contribution in [2.45, 2.75) is 12.8 Å². The van der Waals surface area contributed by atoms with Crippen LogP contribution in [0, 0.1) is 17.1 Å². The fraction of sp³-hybridized carbons (Fsp3) is 0.133. The van der Waals surface area contributed by atoms with Crippen LogP contribution in [-0.2, 0) is 12.8 Å². The number of nitrogens with zero attached hydrogens (tertiary/aromatic N) is 1. The van der Waals surface area contributed by atoms with Gasteiger partial charge in [0.15, 0.2) is 0 Å². The van der Waals surface area contributed by atoms with Crippen molar-refractivity contribution >= 4 is 0 Å². The lowest BCUT2D eigenvalue weighted by Crippen LogP contribution is -2.08. The predicted molar refractivity (Wildman–Crippen MR) is 66.9 cm³/mol. The summed E-state index contributed by atoms with van der Waals surface area (Å²) in [6, 6.07) is 10.9. The van der Waals surface area contributed by atoms with Crippen LogP contribution < -0.4 is 4.74 Å². The van der Waals surface area contributed by atoms with Crippen molar-refractivity contribution in [3.8, 4) is 11.8 Å². The lowest BCUT2D eigenvalue weighted by Gasteiger charge is -2.11. The van der Waals surface area contributed by atoms with Crippen LogP contribution in [0.25, 0.3) is 0 Å². The molecule has 0 aromatic heterocycles. The summed E-state index contributed by atoms with van der Waals surface area (Å²) in [5.74, 6) is -1.47. The predicted octanol–water partition coefficient (Wildman–Crippen LogP) is 4.30. The lowest BCUT2D eigenvalue weighted by molar-refractivity contribution is -0.140. The van der Waals surface area contributed by atoms with Crippen LogP contribution in [0.2, 0.25) is 0 Å². The first-order chi connectivity index (χ1) is 9.91. The minimum Gasteiger partial charge on any atom is -0.489 e. The fourth-order valence-corrected chi connectivity index (χ4v) is 1.73. The highest BCUT2D eigenvalue weighted by Crippen LogP contribution is 2.33. The van der Waals surface area contributed by atoms with E-state index in [0.717, 1.165) is 6.07 Å². The number of nitriles is 1. The molecule has 6 heteroatoms. The van der Waals surface area contributed by atoms with E-state index in [1.54, 1.807) is 24.3 Å². The van der Waals surface area contributed by atoms with E-state index in [9.17, 15) is 17.6 Å². The molecule has 2 rings (SSSR count). The van der Waals surface area contributed by atoms with Crippen LogP contribution >= 0.6 is 0 Å². The summed E-state index contributed by atoms with van der Waals surface area (Å²) in [7, 11) is 0. The molecule has 108 valence electrons. The molecule has 0 aliphatic heterocycles. The van der Waals surface area contributed by atoms with Crippen LogP contribution in [0.15, 0.2) is 42.5 Å². The van der Waals surface area contributed by atoms with Gasteiger partial charge >= 0.3 is 6.18 Å². The Labute approximate surface area is 118 Å². The van der Waals surface area contributed by atoms with E-state index in [0.29, 0.717) is 23.3 Å². The number of ether oxygens (including phenoxy) is 1. The molecular formula is C15H9F4NO. The molecule has 0 unspecified atom stereocenters. The average Bonchev–Trinajstić information content (AvgIpc) is 2.45. The van der Waals surface area contributed by atoms with Crippen LogP contribution in [0.4, 0.5) is 17.6 Å². The van der Waals surface area contributed by atoms with E-state index in [1.165, 1.54) is 0 Å². The molecule has 21 heavy (non-hydrogen) atoms. The van der Waals surface area contributed by atoms with Crippen molar-refractivity contribution in [2.24, 2.45) is 0 Å². The zero-order chi connectivity index (χ0) is 15.5. The minimum atomic E-state index is -4.78. The highest BCUT2D eigenvalue weighted by Gasteiger charge is 2.34. The van der Waals surface area contributed by atoms with Crippen molar-refractivity contribution in [2.75, 3.05) is 0 Å². The van der Waals surface area contributed by atoms with E-state index >= 15 is 0 Å². The van der Waals surface area contributed by atoms with E-state index in [1.807, 2.05) is 6.07 Å². The molecule has 0 fully saturated rings. The normalized spacial score (nSPS) is 11.0. The quantitative estimate of drug-likeness (QED) is 0.791. The van der Waals surface area contributed by atoms with Gasteiger partial charge in [-0.25, -0.2) is 4.39 Å². The first kappa shape index (κ1) is 14.9. The summed E-state index contributed by atoms with van der Waals surface area (Å²) in [6.45, 7) is -0.0767. The summed E-state index contributed by atoms with van der Waals surface area (Å²) in [5, 5.41) is 8.90. The van der Waals surface area contributed by atoms with Gasteiger partial charge in [-0.1, -0.05) is 18.2 Å². The molecule has 0 bridgehead atoms. The first-order valence-electron chi connectivity index (χ1n) is 5.89. The van der Waals surface area contributed by atoms with E-state index in [4.69, 9.17) is 10.00 Å². The van der Waals surface area contributed by atoms with Gasteiger partial charge in [0.05, 0.1) is 17.2 Å². The Morgan fingerprint density at radius 2 is 1.81 bits per heavy atom. The highest BCUT2D eigenvalue weighted by atomic mass is 19.4. The smallest absolute Gasteiger partial charge is 0.419 e. The molecule has 0 aliphatic rings. The number of halogens is 4. The van der Waals surface area contributed by atoms with Gasteiger partial charge in [0.2, 0.25) is 0 Å². The van der Waals surface area contributed by atoms with Gasteiger partial charge in [0.1, 0.15) is 18.2 Å². The SMILES string of the molecule is N#Cc1ccccc1COc1ccc(F)c(C(F)(F)F)c1. The summed E-state index contributed by atoms with van der Waals surface area (Å²) in [4.78, 5) is 0. The van der Waals surface area contributed by atoms with Gasteiger partial charge in [-0.05, 0) is 24.3 Å². The van der Waals surface area contributed by atoms with Gasteiger partial charge in [0, 0.05) is 5.56 Å². The lowest BCUT2D eigenvalue weighted by atomic mass is 10.1. The minimum absolute atomic E-state index is 0.0767. The molecule has 0 heterocycles. The number of benzene rings is 2. The van der Waals surface area contributed by atoms with Crippen LogP contribution in [-0.4, -0.2) is 0 Å². The third-order valence-corrected chi connectivity index (χ3v) is 2.78. The number of hydrogen-bond donors (Lipinski definition) is 0. The third-order valence-electron chi connectivity index (χ3n) is 2.78. The Kier molecular flexibility index (Phi) is 4.13. The molecule has 0 atom stereocenters. The second kappa shape index (κ2) is 5.83. The van der Waals surface area contributed by atoms with Crippen molar-refractivity contribution in [3.63, 3.8) is 0 Å². The zero-order valence-electron chi connectivity index (χ0n) is 10.6. The maximum atomic E-state index is 13.1. The average molecular weight is 295 g/mol. The second-order valence-electron chi connectivity index (χ2n) is 4.20. The molecule has 0 radical (unpaired) electrons. The molecular weight excluding hydrogens is 286 g/mol. The summed E-state index contributed by atoms with van der Waals surface area (Å²) in [6.07, 6.45) is -4.78. The molecule has 0 saturated carbocycles. The first-order valence-corrected chi connectivity index (χ1v) is 5.89. The molecule has 2 aromatic rings. The van der Waals surface area contributed by atoms with E-state index in [-0.39, 0.29) is 12.4 Å². The third kappa shape index (κ3) is 3.51. The molecule has 0 amide bonds. The number of rotatable bonds is 3. The molecule has 0 saturated heterocycles. The van der Waals surface area contributed by atoms with E-state index in [2.05, 4.69) is 0 Å². The summed E-state index contributed by atoms with van der Waals surface area (Å²) >= 11 is 0. The molecule has 2 aromatic carbocycles. The molecule has 0 aliphatic carbocycles. The van der Waals surface area contributed by atoms with Crippen LogP contribution in [0.3, 0.4) is 0 Å². The van der Waals surface area contributed by atoms with Crippen LogP contribution in [0.5, 0.6) is 5.75 Å². The van der Waals surface area contributed by atoms with Gasteiger partial charge < -0.3 is 4.74 Å². The van der Waals surface area contributed by atoms with Crippen molar-refractivity contribution in [1.82, 2.24) is 0 Å². The summed E-state index contributed by atoms with van der Waals surface area (Å²) in [5.41, 5.74) is -0.470. The standard InChI is InChI=1S/C15H9F4NO/c16-14-6-5-12(7-13(14)15(17,18)19)21-9-11-4-2-1-3-10(11)8-20/h1-7H,9H2. The van der Waals surface area contributed by atoms with Crippen molar-refractivity contribution in [3.05, 3.63) is 65.0 Å². The monoisotopic (exact) mass is 295 g/mol.